The zero-order valence-corrected chi connectivity index (χ0v) is 17.2. The van der Waals surface area contributed by atoms with Crippen molar-refractivity contribution in [3.8, 4) is 0 Å². The van der Waals surface area contributed by atoms with Crippen LogP contribution in [0.15, 0.2) is 34.2 Å². The Kier molecular flexibility index (Phi) is 7.00. The van der Waals surface area contributed by atoms with Gasteiger partial charge in [-0.05, 0) is 36.9 Å². The second-order valence-electron chi connectivity index (χ2n) is 7.76. The van der Waals surface area contributed by atoms with Gasteiger partial charge in [0.25, 0.3) is 10.0 Å². The first-order chi connectivity index (χ1) is 12.7. The summed E-state index contributed by atoms with van der Waals surface area (Å²) < 4.78 is 26.5. The second-order valence-corrected chi connectivity index (χ2v) is 9.41. The third-order valence-corrected chi connectivity index (χ3v) is 6.02. The van der Waals surface area contributed by atoms with Gasteiger partial charge in [-0.2, -0.15) is 0 Å². The van der Waals surface area contributed by atoms with Crippen LogP contribution in [-0.4, -0.2) is 51.7 Å². The molecule has 0 atom stereocenters. The molecule has 1 amide bonds. The van der Waals surface area contributed by atoms with Crippen molar-refractivity contribution >= 4 is 21.8 Å². The fourth-order valence-corrected chi connectivity index (χ4v) is 4.24. The number of fused-ring (bicyclic) bond motifs is 1. The molecule has 27 heavy (non-hydrogen) atoms. The van der Waals surface area contributed by atoms with E-state index >= 15 is 0 Å². The van der Waals surface area contributed by atoms with Crippen LogP contribution in [0.5, 0.6) is 0 Å². The van der Waals surface area contributed by atoms with Crippen molar-refractivity contribution in [2.75, 3.05) is 26.7 Å². The van der Waals surface area contributed by atoms with Gasteiger partial charge in [-0.15, -0.1) is 0 Å². The summed E-state index contributed by atoms with van der Waals surface area (Å²) in [7, 11) is -1.67. The van der Waals surface area contributed by atoms with Crippen LogP contribution in [0.2, 0.25) is 0 Å². The zero-order chi connectivity index (χ0) is 20.1. The highest BCUT2D eigenvalue weighted by Crippen LogP contribution is 2.22. The molecule has 0 aromatic heterocycles. The molecule has 3 N–H and O–H groups in total. The van der Waals surface area contributed by atoms with E-state index in [4.69, 9.17) is 5.73 Å². The maximum Gasteiger partial charge on any atom is 0.263 e. The molecule has 0 unspecified atom stereocenters. The maximum atomic E-state index is 12.2. The highest BCUT2D eigenvalue weighted by molar-refractivity contribution is 7.90. The number of amidine groups is 1. The SMILES string of the molecule is CN(CC(C)(C)CN)C(=O)CCCCCN=C1NS(=O)(=O)c2ccccc21. The lowest BCUT2D eigenvalue weighted by Gasteiger charge is -2.29. The average Bonchev–Trinajstić information content (AvgIpc) is 2.88. The number of nitrogens with zero attached hydrogens (tertiary/aromatic N) is 2. The van der Waals surface area contributed by atoms with E-state index in [1.54, 1.807) is 29.2 Å². The van der Waals surface area contributed by atoms with E-state index in [1.807, 2.05) is 20.9 Å². The molecule has 1 aliphatic heterocycles. The molecule has 0 spiro atoms. The van der Waals surface area contributed by atoms with E-state index in [1.165, 1.54) is 0 Å². The Bertz CT molecular complexity index is 803. The second kappa shape index (κ2) is 8.84. The van der Waals surface area contributed by atoms with Crippen molar-refractivity contribution in [1.29, 1.82) is 0 Å². The number of rotatable bonds is 9. The molecule has 0 aliphatic carbocycles. The summed E-state index contributed by atoms with van der Waals surface area (Å²) in [5, 5.41) is 0. The molecular weight excluding hydrogens is 364 g/mol. The van der Waals surface area contributed by atoms with Gasteiger partial charge >= 0.3 is 0 Å². The van der Waals surface area contributed by atoms with Crippen LogP contribution in [0, 0.1) is 5.41 Å². The molecule has 0 radical (unpaired) electrons. The Morgan fingerprint density at radius 2 is 1.93 bits per heavy atom. The smallest absolute Gasteiger partial charge is 0.263 e. The van der Waals surface area contributed by atoms with E-state index in [2.05, 4.69) is 9.71 Å². The first-order valence-electron chi connectivity index (χ1n) is 9.27. The quantitative estimate of drug-likeness (QED) is 0.622. The molecule has 0 fully saturated rings. The summed E-state index contributed by atoms with van der Waals surface area (Å²) in [6.45, 7) is 5.81. The fourth-order valence-electron chi connectivity index (χ4n) is 2.99. The Morgan fingerprint density at radius 3 is 2.63 bits per heavy atom. The van der Waals surface area contributed by atoms with Gasteiger partial charge in [-0.1, -0.05) is 32.4 Å². The van der Waals surface area contributed by atoms with Crippen LogP contribution in [0.1, 0.15) is 45.1 Å². The molecule has 1 aliphatic rings. The van der Waals surface area contributed by atoms with Gasteiger partial charge in [0.05, 0.1) is 4.90 Å². The lowest BCUT2D eigenvalue weighted by Crippen LogP contribution is -2.39. The number of carbonyl (C=O) groups is 1. The number of nitrogens with two attached hydrogens (primary N) is 1. The Labute approximate surface area is 162 Å². The summed E-state index contributed by atoms with van der Waals surface area (Å²) in [4.78, 5) is 18.6. The first kappa shape index (κ1) is 21.4. The number of aliphatic imine (C=N–C) groups is 1. The van der Waals surface area contributed by atoms with Gasteiger partial charge in [0, 0.05) is 32.1 Å². The minimum atomic E-state index is -3.48. The van der Waals surface area contributed by atoms with Crippen molar-refractivity contribution < 1.29 is 13.2 Å². The molecule has 2 rings (SSSR count). The molecule has 0 saturated carbocycles. The molecule has 1 heterocycles. The maximum absolute atomic E-state index is 12.2. The standard InChI is InChI=1S/C19H30N4O3S/c1-19(2,13-20)14-23(3)17(24)11-5-4-8-12-21-18-15-9-6-7-10-16(15)27(25,26)22-18/h6-7,9-10H,4-5,8,11-14,20H2,1-3H3,(H,21,22). The number of sulfonamides is 1. The third-order valence-electron chi connectivity index (χ3n) is 4.62. The summed E-state index contributed by atoms with van der Waals surface area (Å²) >= 11 is 0. The number of benzene rings is 1. The molecule has 1 aromatic carbocycles. The van der Waals surface area contributed by atoms with Crippen molar-refractivity contribution in [2.24, 2.45) is 16.1 Å². The van der Waals surface area contributed by atoms with E-state index in [0.29, 0.717) is 37.5 Å². The number of unbranched alkanes of at least 4 members (excludes halogenated alkanes) is 2. The summed E-state index contributed by atoms with van der Waals surface area (Å²) in [6.07, 6.45) is 2.96. The Morgan fingerprint density at radius 1 is 1.22 bits per heavy atom. The molecule has 1 aromatic rings. The van der Waals surface area contributed by atoms with E-state index in [-0.39, 0.29) is 16.2 Å². The minimum absolute atomic E-state index is 0.0780. The van der Waals surface area contributed by atoms with Gasteiger partial charge < -0.3 is 10.6 Å². The highest BCUT2D eigenvalue weighted by atomic mass is 32.2. The number of hydrogen-bond donors (Lipinski definition) is 2. The number of hydrogen-bond acceptors (Lipinski definition) is 5. The summed E-state index contributed by atoms with van der Waals surface area (Å²) in [6, 6.07) is 6.83. The lowest BCUT2D eigenvalue weighted by atomic mass is 9.93. The van der Waals surface area contributed by atoms with Gasteiger partial charge in [0.1, 0.15) is 5.84 Å². The zero-order valence-electron chi connectivity index (χ0n) is 16.4. The molecule has 7 nitrogen and oxygen atoms in total. The highest BCUT2D eigenvalue weighted by Gasteiger charge is 2.29. The minimum Gasteiger partial charge on any atom is -0.345 e. The van der Waals surface area contributed by atoms with Crippen molar-refractivity contribution in [3.05, 3.63) is 29.8 Å². The predicted molar refractivity (Wildman–Crippen MR) is 107 cm³/mol. The molecule has 0 bridgehead atoms. The van der Waals surface area contributed by atoms with Crippen LogP contribution in [0.25, 0.3) is 0 Å². The monoisotopic (exact) mass is 394 g/mol. The van der Waals surface area contributed by atoms with Crippen molar-refractivity contribution in [1.82, 2.24) is 9.62 Å². The van der Waals surface area contributed by atoms with Crippen LogP contribution in [-0.2, 0) is 14.8 Å². The van der Waals surface area contributed by atoms with Crippen LogP contribution in [0.4, 0.5) is 0 Å². The van der Waals surface area contributed by atoms with Crippen LogP contribution >= 0.6 is 0 Å². The van der Waals surface area contributed by atoms with E-state index in [0.717, 1.165) is 19.3 Å². The van der Waals surface area contributed by atoms with Crippen molar-refractivity contribution in [2.45, 2.75) is 44.4 Å². The number of amides is 1. The molecule has 150 valence electrons. The molecule has 8 heteroatoms. The van der Waals surface area contributed by atoms with E-state index in [9.17, 15) is 13.2 Å². The largest absolute Gasteiger partial charge is 0.345 e. The summed E-state index contributed by atoms with van der Waals surface area (Å²) in [5.74, 6) is 0.533. The fraction of sp³-hybridized carbons (Fsp3) is 0.579. The predicted octanol–water partition coefficient (Wildman–Crippen LogP) is 1.73. The Balaban J connectivity index is 1.74. The van der Waals surface area contributed by atoms with Crippen molar-refractivity contribution in [3.63, 3.8) is 0 Å². The van der Waals surface area contributed by atoms with Gasteiger partial charge in [-0.25, -0.2) is 8.42 Å². The average molecular weight is 395 g/mol. The Hall–Kier alpha value is -1.93. The van der Waals surface area contributed by atoms with Gasteiger partial charge in [-0.3, -0.25) is 14.5 Å². The lowest BCUT2D eigenvalue weighted by molar-refractivity contribution is -0.131. The van der Waals surface area contributed by atoms with Crippen LogP contribution < -0.4 is 10.5 Å². The van der Waals surface area contributed by atoms with Gasteiger partial charge in [0.2, 0.25) is 5.91 Å². The van der Waals surface area contributed by atoms with Crippen LogP contribution in [0.3, 0.4) is 0 Å². The number of nitrogens with one attached hydrogen (secondary N) is 1. The molecular formula is C19H30N4O3S. The van der Waals surface area contributed by atoms with E-state index < -0.39 is 10.0 Å². The normalized spacial score (nSPS) is 16.8. The third kappa shape index (κ3) is 5.77. The summed E-state index contributed by atoms with van der Waals surface area (Å²) in [5.41, 5.74) is 6.26. The molecule has 0 saturated heterocycles. The first-order valence-corrected chi connectivity index (χ1v) is 10.8. The number of carbonyl (C=O) groups excluding carboxylic acids is 1. The van der Waals surface area contributed by atoms with Gasteiger partial charge in [0.15, 0.2) is 0 Å². The topological polar surface area (TPSA) is 105 Å².